The Balaban J connectivity index is -0.000000569. The number of rotatable bonds is 5. The second kappa shape index (κ2) is 28.1. The maximum Gasteiger partial charge on any atom is 3.00 e. The van der Waals surface area contributed by atoms with Crippen molar-refractivity contribution in [3.8, 4) is 0 Å². The Morgan fingerprint density at radius 2 is 0.500 bits per heavy atom. The monoisotopic (exact) mass is 874 g/mol. The summed E-state index contributed by atoms with van der Waals surface area (Å²) in [6.07, 6.45) is 0. The van der Waals surface area contributed by atoms with Gasteiger partial charge in [0.05, 0.1) is 19.6 Å². The zero-order valence-electron chi connectivity index (χ0n) is 27.3. The van der Waals surface area contributed by atoms with Gasteiger partial charge in [-0.15, -0.1) is 0 Å². The van der Waals surface area contributed by atoms with Gasteiger partial charge in [0.2, 0.25) is 0 Å². The molecule has 0 amide bonds. The molecule has 1 unspecified atom stereocenters. The molecule has 0 aliphatic rings. The molecule has 0 saturated heterocycles. The van der Waals surface area contributed by atoms with Crippen molar-refractivity contribution in [2.75, 3.05) is 0 Å². The Bertz CT molecular complexity index is 1900. The third kappa shape index (κ3) is 25.7. The van der Waals surface area contributed by atoms with E-state index in [0.717, 1.165) is 0 Å². The molecule has 0 spiro atoms. The molecular weight excluding hydrogens is 850 g/mol. The van der Waals surface area contributed by atoms with Gasteiger partial charge in [-0.05, 0) is 71.7 Å². The van der Waals surface area contributed by atoms with Gasteiger partial charge in [-0.1, -0.05) is 91.0 Å². The summed E-state index contributed by atoms with van der Waals surface area (Å²) in [5, 5.41) is 0. The smallest absolute Gasteiger partial charge is 0.768 e. The average molecular weight is 875 g/mol. The van der Waals surface area contributed by atoms with Crippen molar-refractivity contribution in [2.45, 2.75) is 24.5 Å². The van der Waals surface area contributed by atoms with E-state index in [9.17, 15) is 60.6 Å². The Kier molecular flexibility index (Phi) is 30.3. The van der Waals surface area contributed by atoms with Gasteiger partial charge >= 0.3 is 120 Å². The van der Waals surface area contributed by atoms with E-state index in [-0.39, 0.29) is 140 Å². The standard InChI is InChI=1S/4C6H6O3S.C6H6O2S.Al.2K/c4*7-10(8,9)6-4-2-1-3-5-6;7-9(8)6-4-2-1-3-5-6;;;/h4*1-5H,(H,7,8,9);1-5H,(H,7,8);;;/q;;;;;+3;2*+1/p-5. The Morgan fingerprint density at radius 3 is 0.596 bits per heavy atom. The molecule has 0 saturated carbocycles. The fourth-order valence-electron chi connectivity index (χ4n) is 2.88. The van der Waals surface area contributed by atoms with Crippen LogP contribution < -0.4 is 103 Å². The van der Waals surface area contributed by atoms with Crippen LogP contribution in [-0.2, 0) is 51.6 Å². The first-order chi connectivity index (χ1) is 22.7. The summed E-state index contributed by atoms with van der Waals surface area (Å²) < 4.78 is 144. The van der Waals surface area contributed by atoms with Gasteiger partial charge in [0.1, 0.15) is 40.5 Å². The Hall–Kier alpha value is -0.345. The van der Waals surface area contributed by atoms with E-state index < -0.39 is 51.6 Å². The topological polar surface area (TPSA) is 269 Å². The second-order valence-corrected chi connectivity index (χ2v) is 15.1. The van der Waals surface area contributed by atoms with Gasteiger partial charge in [0.15, 0.2) is 0 Å². The van der Waals surface area contributed by atoms with E-state index >= 15 is 0 Å². The molecule has 52 heavy (non-hydrogen) atoms. The van der Waals surface area contributed by atoms with Crippen molar-refractivity contribution in [3.05, 3.63) is 152 Å². The first-order valence-electron chi connectivity index (χ1n) is 12.9. The predicted molar refractivity (Wildman–Crippen MR) is 177 cm³/mol. The van der Waals surface area contributed by atoms with Gasteiger partial charge in [-0.2, -0.15) is 0 Å². The van der Waals surface area contributed by atoms with Gasteiger partial charge in [0.25, 0.3) is 0 Å². The largest absolute Gasteiger partial charge is 3.00 e. The predicted octanol–water partition coefficient (Wildman–Crippen LogP) is -3.09. The van der Waals surface area contributed by atoms with E-state index in [1.54, 1.807) is 54.6 Å². The molecule has 0 aromatic heterocycles. The van der Waals surface area contributed by atoms with Crippen LogP contribution in [0.15, 0.2) is 176 Å². The minimum atomic E-state index is -4.25. The molecule has 264 valence electrons. The molecule has 0 radical (unpaired) electrons. The van der Waals surface area contributed by atoms with Crippen molar-refractivity contribution in [2.24, 2.45) is 0 Å². The molecule has 14 nitrogen and oxygen atoms in total. The van der Waals surface area contributed by atoms with Crippen LogP contribution in [0.3, 0.4) is 0 Å². The minimum absolute atomic E-state index is 0. The van der Waals surface area contributed by atoms with Gasteiger partial charge in [0, 0.05) is 4.90 Å². The molecule has 0 heterocycles. The van der Waals surface area contributed by atoms with Crippen molar-refractivity contribution >= 4 is 68.9 Å². The van der Waals surface area contributed by atoms with Crippen LogP contribution in [0.1, 0.15) is 0 Å². The molecule has 5 rings (SSSR count). The first-order valence-corrected chi connectivity index (χ1v) is 19.6. The molecule has 1 atom stereocenters. The van der Waals surface area contributed by atoms with Crippen LogP contribution in [0.25, 0.3) is 0 Å². The maximum absolute atomic E-state index is 10.3. The molecule has 5 aromatic rings. The second-order valence-electron chi connectivity index (χ2n) is 8.62. The summed E-state index contributed by atoms with van der Waals surface area (Å²) in [5.41, 5.74) is 0. The van der Waals surface area contributed by atoms with E-state index in [1.165, 1.54) is 97.1 Å². The van der Waals surface area contributed by atoms with Gasteiger partial charge in [-0.25, -0.2) is 33.7 Å². The molecular formula is C30H25AlK2O14S5. The third-order valence-corrected chi connectivity index (χ3v) is 9.12. The van der Waals surface area contributed by atoms with E-state index in [2.05, 4.69) is 0 Å². The van der Waals surface area contributed by atoms with E-state index in [1.807, 2.05) is 0 Å². The van der Waals surface area contributed by atoms with Crippen molar-refractivity contribution in [1.82, 2.24) is 0 Å². The summed E-state index contributed by atoms with van der Waals surface area (Å²) in [6.45, 7) is 0. The summed E-state index contributed by atoms with van der Waals surface area (Å²) in [5.74, 6) is 0. The summed E-state index contributed by atoms with van der Waals surface area (Å²) in [7, 11) is -17.0. The molecule has 0 N–H and O–H groups in total. The van der Waals surface area contributed by atoms with Crippen LogP contribution in [-0.4, -0.2) is 78.0 Å². The summed E-state index contributed by atoms with van der Waals surface area (Å²) in [6, 6.07) is 37.0. The van der Waals surface area contributed by atoms with Gasteiger partial charge in [-0.3, -0.25) is 4.21 Å². The normalized spacial score (nSPS) is 10.9. The average Bonchev–Trinajstić information content (AvgIpc) is 3.06. The Morgan fingerprint density at radius 1 is 0.346 bits per heavy atom. The fourth-order valence-corrected chi connectivity index (χ4v) is 5.22. The molecule has 5 aromatic carbocycles. The summed E-state index contributed by atoms with van der Waals surface area (Å²) >= 11 is -2.08. The molecule has 0 aliphatic carbocycles. The van der Waals surface area contributed by atoms with Crippen LogP contribution >= 0.6 is 0 Å². The van der Waals surface area contributed by atoms with Crippen LogP contribution in [0.4, 0.5) is 0 Å². The number of hydrogen-bond acceptors (Lipinski definition) is 14. The summed E-state index contributed by atoms with van der Waals surface area (Å²) in [4.78, 5) is -0.410. The quantitative estimate of drug-likeness (QED) is 0.0963. The van der Waals surface area contributed by atoms with Gasteiger partial charge < -0.3 is 22.8 Å². The van der Waals surface area contributed by atoms with Crippen molar-refractivity contribution in [3.63, 3.8) is 0 Å². The third-order valence-electron chi connectivity index (χ3n) is 5.06. The SMILES string of the molecule is O=S(=O)([O-])c1ccccc1.O=S(=O)([O-])c1ccccc1.O=S(=O)([O-])c1ccccc1.O=S(=O)([O-])c1ccccc1.O=S([O-])c1ccccc1.[Al+3].[K+].[K+]. The minimum Gasteiger partial charge on any atom is -0.768 e. The first kappa shape index (κ1) is 56.0. The van der Waals surface area contributed by atoms with Crippen LogP contribution in [0.5, 0.6) is 0 Å². The zero-order valence-corrected chi connectivity index (χ0v) is 38.8. The Labute approximate surface area is 401 Å². The van der Waals surface area contributed by atoms with Crippen LogP contribution in [0.2, 0.25) is 0 Å². The van der Waals surface area contributed by atoms with Crippen molar-refractivity contribution in [1.29, 1.82) is 0 Å². The molecule has 22 heteroatoms. The number of benzene rings is 5. The zero-order chi connectivity index (χ0) is 37.1. The number of hydrogen-bond donors (Lipinski definition) is 0. The molecule has 0 fully saturated rings. The van der Waals surface area contributed by atoms with Crippen molar-refractivity contribution < 1.29 is 163 Å². The molecule has 0 bridgehead atoms. The maximum atomic E-state index is 10.3. The van der Waals surface area contributed by atoms with Crippen LogP contribution in [0, 0.1) is 0 Å². The van der Waals surface area contributed by atoms with E-state index in [0.29, 0.717) is 4.90 Å². The molecule has 0 aliphatic heterocycles. The fraction of sp³-hybridized carbons (Fsp3) is 0. The van der Waals surface area contributed by atoms with E-state index in [4.69, 9.17) is 0 Å².